The number of nitrogens with one attached hydrogen (secondary N) is 1. The molecule has 1 amide bonds. The van der Waals surface area contributed by atoms with Crippen molar-refractivity contribution in [1.29, 1.82) is 0 Å². The first-order chi connectivity index (χ1) is 12.2. The normalized spacial score (nSPS) is 17.4. The molecule has 0 bridgehead atoms. The molecule has 2 aliphatic rings. The average Bonchev–Trinajstić information content (AvgIpc) is 3.10. The summed E-state index contributed by atoms with van der Waals surface area (Å²) in [6.07, 6.45) is 6.75. The molecule has 0 radical (unpaired) electrons. The summed E-state index contributed by atoms with van der Waals surface area (Å²) in [6.45, 7) is 3.26. The van der Waals surface area contributed by atoms with E-state index in [0.717, 1.165) is 38.3 Å². The van der Waals surface area contributed by atoms with Crippen molar-refractivity contribution in [2.24, 2.45) is 0 Å². The second-order valence-electron chi connectivity index (χ2n) is 6.85. The Labute approximate surface area is 147 Å². The monoisotopic (exact) mass is 337 g/mol. The van der Waals surface area contributed by atoms with Crippen molar-refractivity contribution in [3.05, 3.63) is 47.4 Å². The molecule has 1 aromatic heterocycles. The van der Waals surface area contributed by atoms with Gasteiger partial charge in [-0.25, -0.2) is 4.98 Å². The lowest BCUT2D eigenvalue weighted by Crippen LogP contribution is -2.47. The van der Waals surface area contributed by atoms with Gasteiger partial charge in [-0.05, 0) is 49.6 Å². The van der Waals surface area contributed by atoms with Gasteiger partial charge in [-0.2, -0.15) is 0 Å². The quantitative estimate of drug-likeness (QED) is 0.929. The van der Waals surface area contributed by atoms with E-state index in [0.29, 0.717) is 11.5 Å². The van der Waals surface area contributed by atoms with Gasteiger partial charge in [0.2, 0.25) is 0 Å². The van der Waals surface area contributed by atoms with Crippen LogP contribution in [0.25, 0.3) is 0 Å². The standard InChI is InChI=1S/C19H23N5O/c1-23-7-9-24(10-8-23)19(25)17-12-20-13-18(22-17)21-16-6-5-14-3-2-4-15(14)11-16/h5-6,11-13H,2-4,7-10H2,1H3,(H,21,22). The maximum Gasteiger partial charge on any atom is 0.274 e. The number of benzene rings is 1. The van der Waals surface area contributed by atoms with Crippen molar-refractivity contribution in [1.82, 2.24) is 19.8 Å². The van der Waals surface area contributed by atoms with Crippen LogP contribution in [0.3, 0.4) is 0 Å². The fourth-order valence-electron chi connectivity index (χ4n) is 3.50. The number of carbonyl (C=O) groups excluding carboxylic acids is 1. The van der Waals surface area contributed by atoms with Crippen LogP contribution in [-0.2, 0) is 12.8 Å². The first kappa shape index (κ1) is 16.0. The molecule has 25 heavy (non-hydrogen) atoms. The predicted octanol–water partition coefficient (Wildman–Crippen LogP) is 2.10. The Hall–Kier alpha value is -2.47. The van der Waals surface area contributed by atoms with Crippen LogP contribution in [0.15, 0.2) is 30.6 Å². The van der Waals surface area contributed by atoms with E-state index in [4.69, 9.17) is 0 Å². The van der Waals surface area contributed by atoms with E-state index >= 15 is 0 Å². The van der Waals surface area contributed by atoms with Crippen molar-refractivity contribution < 1.29 is 4.79 Å². The van der Waals surface area contributed by atoms with Crippen LogP contribution in [0.1, 0.15) is 28.0 Å². The Balaban J connectivity index is 1.48. The third-order valence-corrected chi connectivity index (χ3v) is 5.02. The van der Waals surface area contributed by atoms with Gasteiger partial charge in [0.15, 0.2) is 0 Å². The van der Waals surface area contributed by atoms with Crippen molar-refractivity contribution in [2.75, 3.05) is 38.5 Å². The number of anilines is 2. The third kappa shape index (κ3) is 3.49. The van der Waals surface area contributed by atoms with E-state index in [2.05, 4.69) is 45.4 Å². The van der Waals surface area contributed by atoms with Crippen LogP contribution in [0, 0.1) is 0 Å². The van der Waals surface area contributed by atoms with Crippen LogP contribution >= 0.6 is 0 Å². The second-order valence-corrected chi connectivity index (χ2v) is 6.85. The van der Waals surface area contributed by atoms with Gasteiger partial charge < -0.3 is 15.1 Å². The van der Waals surface area contributed by atoms with Gasteiger partial charge in [0.05, 0.1) is 12.4 Å². The summed E-state index contributed by atoms with van der Waals surface area (Å²) >= 11 is 0. The van der Waals surface area contributed by atoms with E-state index in [9.17, 15) is 4.79 Å². The average molecular weight is 337 g/mol. The van der Waals surface area contributed by atoms with Crippen LogP contribution in [0.5, 0.6) is 0 Å². The maximum absolute atomic E-state index is 12.6. The fourth-order valence-corrected chi connectivity index (χ4v) is 3.50. The molecule has 0 saturated carbocycles. The number of likely N-dealkylation sites (N-methyl/N-ethyl adjacent to an activating group) is 1. The first-order valence-corrected chi connectivity index (χ1v) is 8.88. The molecule has 1 aliphatic heterocycles. The zero-order valence-electron chi connectivity index (χ0n) is 14.5. The van der Waals surface area contributed by atoms with Crippen LogP contribution in [-0.4, -0.2) is 58.9 Å². The van der Waals surface area contributed by atoms with Gasteiger partial charge in [0, 0.05) is 31.9 Å². The number of aromatic nitrogens is 2. The lowest BCUT2D eigenvalue weighted by molar-refractivity contribution is 0.0658. The van der Waals surface area contributed by atoms with E-state index in [1.807, 2.05) is 4.90 Å². The van der Waals surface area contributed by atoms with E-state index < -0.39 is 0 Å². The summed E-state index contributed by atoms with van der Waals surface area (Å²) in [7, 11) is 2.07. The van der Waals surface area contributed by atoms with E-state index in [-0.39, 0.29) is 5.91 Å². The molecule has 130 valence electrons. The molecular formula is C19H23N5O. The molecule has 0 unspecified atom stereocenters. The highest BCUT2D eigenvalue weighted by atomic mass is 16.2. The Kier molecular flexibility index (Phi) is 4.36. The highest BCUT2D eigenvalue weighted by Gasteiger charge is 2.22. The molecule has 1 aromatic carbocycles. The maximum atomic E-state index is 12.6. The SMILES string of the molecule is CN1CCN(C(=O)c2cncc(Nc3ccc4c(c3)CCC4)n2)CC1. The molecule has 2 heterocycles. The molecular weight excluding hydrogens is 314 g/mol. The van der Waals surface area contributed by atoms with Crippen molar-refractivity contribution in [3.63, 3.8) is 0 Å². The number of amides is 1. The Morgan fingerprint density at radius 3 is 2.72 bits per heavy atom. The zero-order chi connectivity index (χ0) is 17.2. The van der Waals surface area contributed by atoms with Crippen LogP contribution in [0.4, 0.5) is 11.5 Å². The van der Waals surface area contributed by atoms with Gasteiger partial charge in [-0.3, -0.25) is 9.78 Å². The van der Waals surface area contributed by atoms with Crippen LogP contribution in [0.2, 0.25) is 0 Å². The number of hydrogen-bond acceptors (Lipinski definition) is 5. The van der Waals surface area contributed by atoms with Crippen molar-refractivity contribution in [2.45, 2.75) is 19.3 Å². The van der Waals surface area contributed by atoms with Crippen molar-refractivity contribution >= 4 is 17.4 Å². The zero-order valence-corrected chi connectivity index (χ0v) is 14.5. The highest BCUT2D eigenvalue weighted by Crippen LogP contribution is 2.26. The number of fused-ring (bicyclic) bond motifs is 1. The van der Waals surface area contributed by atoms with Gasteiger partial charge in [0.25, 0.3) is 5.91 Å². The largest absolute Gasteiger partial charge is 0.339 e. The molecule has 0 atom stereocenters. The highest BCUT2D eigenvalue weighted by molar-refractivity contribution is 5.92. The number of rotatable bonds is 3. The smallest absolute Gasteiger partial charge is 0.274 e. The third-order valence-electron chi connectivity index (χ3n) is 5.02. The molecule has 1 N–H and O–H groups in total. The Morgan fingerprint density at radius 1 is 1.08 bits per heavy atom. The number of piperazine rings is 1. The molecule has 2 aromatic rings. The van der Waals surface area contributed by atoms with Gasteiger partial charge in [-0.15, -0.1) is 0 Å². The molecule has 1 saturated heterocycles. The minimum absolute atomic E-state index is 0.0433. The predicted molar refractivity (Wildman–Crippen MR) is 97.2 cm³/mol. The number of hydrogen-bond donors (Lipinski definition) is 1. The van der Waals surface area contributed by atoms with E-state index in [1.54, 1.807) is 12.4 Å². The molecule has 6 heteroatoms. The lowest BCUT2D eigenvalue weighted by atomic mass is 10.1. The summed E-state index contributed by atoms with van der Waals surface area (Å²) in [5.41, 5.74) is 4.24. The Bertz CT molecular complexity index is 783. The number of aryl methyl sites for hydroxylation is 2. The minimum atomic E-state index is -0.0433. The van der Waals surface area contributed by atoms with Gasteiger partial charge >= 0.3 is 0 Å². The van der Waals surface area contributed by atoms with Crippen molar-refractivity contribution in [3.8, 4) is 0 Å². The molecule has 4 rings (SSSR count). The van der Waals surface area contributed by atoms with E-state index in [1.165, 1.54) is 24.0 Å². The fraction of sp³-hybridized carbons (Fsp3) is 0.421. The summed E-state index contributed by atoms with van der Waals surface area (Å²) < 4.78 is 0. The molecule has 1 fully saturated rings. The van der Waals surface area contributed by atoms with Crippen LogP contribution < -0.4 is 5.32 Å². The molecule has 0 spiro atoms. The van der Waals surface area contributed by atoms with Gasteiger partial charge in [0.1, 0.15) is 11.5 Å². The summed E-state index contributed by atoms with van der Waals surface area (Å²) in [6, 6.07) is 6.43. The minimum Gasteiger partial charge on any atom is -0.339 e. The number of carbonyl (C=O) groups is 1. The summed E-state index contributed by atoms with van der Waals surface area (Å²) in [5, 5.41) is 3.29. The molecule has 1 aliphatic carbocycles. The van der Waals surface area contributed by atoms with Gasteiger partial charge in [-0.1, -0.05) is 6.07 Å². The number of nitrogens with zero attached hydrogens (tertiary/aromatic N) is 4. The molecule has 6 nitrogen and oxygen atoms in total. The summed E-state index contributed by atoms with van der Waals surface area (Å²) in [4.78, 5) is 25.4. The first-order valence-electron chi connectivity index (χ1n) is 8.88. The lowest BCUT2D eigenvalue weighted by Gasteiger charge is -2.32. The second kappa shape index (κ2) is 6.80. The topological polar surface area (TPSA) is 61.4 Å². The Morgan fingerprint density at radius 2 is 1.88 bits per heavy atom. The summed E-state index contributed by atoms with van der Waals surface area (Å²) in [5.74, 6) is 0.566.